The molecule has 0 saturated carbocycles. The number of aromatic nitrogens is 2. The van der Waals surface area contributed by atoms with E-state index < -0.39 is 34.1 Å². The number of amides is 3. The molecule has 288 valence electrons. The molecule has 1 aliphatic heterocycles. The van der Waals surface area contributed by atoms with Crippen LogP contribution >= 0.6 is 11.3 Å². The van der Waals surface area contributed by atoms with Gasteiger partial charge in [-0.25, -0.2) is 18.2 Å². The highest BCUT2D eigenvalue weighted by Gasteiger charge is 2.41. The minimum atomic E-state index is -4.07. The highest BCUT2D eigenvalue weighted by molar-refractivity contribution is 7.89. The number of rotatable bonds is 18. The smallest absolute Gasteiger partial charge is 0.321 e. The molecule has 4 atom stereocenters. The van der Waals surface area contributed by atoms with Gasteiger partial charge in [0, 0.05) is 49.5 Å². The number of carbonyl (C=O) groups excluding carboxylic acids is 2. The van der Waals surface area contributed by atoms with E-state index in [2.05, 4.69) is 15.5 Å². The predicted octanol–water partition coefficient (Wildman–Crippen LogP) is 5.10. The molecule has 4 aromatic rings. The number of hydrogen-bond acceptors (Lipinski definition) is 10. The number of aliphatic hydroxyl groups is 1. The SMILES string of the molecule is CCC(C)C(C(=O)N[C@@H](Cc1ccccc1)[C@H](O)CN(CC(C)C)S(=O)(=O)c1ccc(C=NO)cc1)N1CCN(Cc2csc(-c3cccnc3)n2)C1=O. The summed E-state index contributed by atoms with van der Waals surface area (Å²) in [6, 6.07) is 17.1. The van der Waals surface area contributed by atoms with Gasteiger partial charge >= 0.3 is 6.03 Å². The quantitative estimate of drug-likeness (QED) is 0.0713. The van der Waals surface area contributed by atoms with Gasteiger partial charge in [-0.3, -0.25) is 9.78 Å². The van der Waals surface area contributed by atoms with Crippen LogP contribution in [0.1, 0.15) is 50.9 Å². The van der Waals surface area contributed by atoms with Gasteiger partial charge in [0.2, 0.25) is 15.9 Å². The van der Waals surface area contributed by atoms with Crippen LogP contribution in [0.25, 0.3) is 10.6 Å². The molecule has 0 spiro atoms. The molecule has 54 heavy (non-hydrogen) atoms. The molecule has 3 N–H and O–H groups in total. The predicted molar refractivity (Wildman–Crippen MR) is 209 cm³/mol. The Morgan fingerprint density at radius 1 is 1.06 bits per heavy atom. The largest absolute Gasteiger partial charge is 0.411 e. The number of benzene rings is 2. The molecular formula is C39H49N7O6S2. The first-order valence-electron chi connectivity index (χ1n) is 18.1. The van der Waals surface area contributed by atoms with Crippen molar-refractivity contribution in [2.24, 2.45) is 17.0 Å². The molecule has 1 aliphatic rings. The summed E-state index contributed by atoms with van der Waals surface area (Å²) in [6.45, 7) is 8.58. The number of pyridine rings is 1. The second kappa shape index (κ2) is 18.6. The topological polar surface area (TPSA) is 169 Å². The van der Waals surface area contributed by atoms with Crippen molar-refractivity contribution in [1.82, 2.24) is 29.4 Å². The van der Waals surface area contributed by atoms with Crippen LogP contribution in [0.4, 0.5) is 4.79 Å². The number of thiazole rings is 1. The molecule has 0 radical (unpaired) electrons. The molecule has 2 unspecified atom stereocenters. The lowest BCUT2D eigenvalue weighted by Crippen LogP contribution is -2.57. The number of sulfonamides is 1. The van der Waals surface area contributed by atoms with E-state index >= 15 is 0 Å². The van der Waals surface area contributed by atoms with Crippen molar-refractivity contribution in [3.8, 4) is 10.6 Å². The number of oxime groups is 1. The fourth-order valence-electron chi connectivity index (χ4n) is 6.51. The fourth-order valence-corrected chi connectivity index (χ4v) is 8.93. The number of aliphatic hydroxyl groups excluding tert-OH is 1. The van der Waals surface area contributed by atoms with Crippen molar-refractivity contribution < 1.29 is 28.3 Å². The summed E-state index contributed by atoms with van der Waals surface area (Å²) < 4.78 is 29.1. The maximum Gasteiger partial charge on any atom is 0.321 e. The van der Waals surface area contributed by atoms with Gasteiger partial charge in [0.15, 0.2) is 0 Å². The van der Waals surface area contributed by atoms with Crippen LogP contribution in [0.2, 0.25) is 0 Å². The number of nitrogens with zero attached hydrogens (tertiary/aromatic N) is 6. The fraction of sp³-hybridized carbons (Fsp3) is 0.410. The summed E-state index contributed by atoms with van der Waals surface area (Å²) in [7, 11) is -4.07. The van der Waals surface area contributed by atoms with Gasteiger partial charge in [0.05, 0.1) is 35.5 Å². The Labute approximate surface area is 321 Å². The lowest BCUT2D eigenvalue weighted by Gasteiger charge is -2.35. The van der Waals surface area contributed by atoms with E-state index in [9.17, 15) is 23.1 Å². The number of hydrogen-bond donors (Lipinski definition) is 3. The molecule has 15 heteroatoms. The monoisotopic (exact) mass is 775 g/mol. The summed E-state index contributed by atoms with van der Waals surface area (Å²) in [5, 5.41) is 29.5. The van der Waals surface area contributed by atoms with Gasteiger partial charge in [-0.05, 0) is 53.6 Å². The average Bonchev–Trinajstić information content (AvgIpc) is 3.78. The second-order valence-electron chi connectivity index (χ2n) is 14.0. The molecular weight excluding hydrogens is 727 g/mol. The molecule has 0 bridgehead atoms. The van der Waals surface area contributed by atoms with Crippen LogP contribution in [0.5, 0.6) is 0 Å². The first-order chi connectivity index (χ1) is 25.9. The third-order valence-electron chi connectivity index (χ3n) is 9.50. The Kier molecular flexibility index (Phi) is 13.9. The van der Waals surface area contributed by atoms with Gasteiger partial charge in [-0.1, -0.05) is 81.7 Å². The molecule has 3 heterocycles. The van der Waals surface area contributed by atoms with Crippen LogP contribution < -0.4 is 5.32 Å². The Hall–Kier alpha value is -4.70. The van der Waals surface area contributed by atoms with Gasteiger partial charge < -0.3 is 25.4 Å². The maximum atomic E-state index is 14.4. The summed E-state index contributed by atoms with van der Waals surface area (Å²) in [4.78, 5) is 40.5. The highest BCUT2D eigenvalue weighted by atomic mass is 32.2. The van der Waals surface area contributed by atoms with Gasteiger partial charge in [0.1, 0.15) is 11.0 Å². The van der Waals surface area contributed by atoms with Crippen molar-refractivity contribution in [3.05, 3.63) is 101 Å². The van der Waals surface area contributed by atoms with Crippen LogP contribution in [0, 0.1) is 11.8 Å². The van der Waals surface area contributed by atoms with E-state index in [1.807, 2.05) is 75.5 Å². The molecule has 0 aliphatic carbocycles. The summed E-state index contributed by atoms with van der Waals surface area (Å²) in [5.41, 5.74) is 3.02. The van der Waals surface area contributed by atoms with Crippen molar-refractivity contribution in [2.75, 3.05) is 26.2 Å². The zero-order valence-corrected chi connectivity index (χ0v) is 32.7. The first kappa shape index (κ1) is 40.5. The molecule has 5 rings (SSSR count). The molecule has 2 aromatic carbocycles. The van der Waals surface area contributed by atoms with Gasteiger partial charge in [0.25, 0.3) is 0 Å². The van der Waals surface area contributed by atoms with Crippen molar-refractivity contribution >= 4 is 39.5 Å². The van der Waals surface area contributed by atoms with Crippen LogP contribution in [0.15, 0.2) is 94.6 Å². The number of urea groups is 1. The van der Waals surface area contributed by atoms with E-state index in [4.69, 9.17) is 10.2 Å². The van der Waals surface area contributed by atoms with E-state index in [1.54, 1.807) is 22.2 Å². The third-order valence-corrected chi connectivity index (χ3v) is 12.3. The standard InChI is InChI=1S/C39H49N7O6S2/c1-5-28(4)36(46-19-18-44(39(46)49)24-32-26-53-38(42-32)31-12-9-17-40-22-31)37(48)43-34(20-29-10-7-6-8-11-29)35(47)25-45(23-27(2)3)54(51,52)33-15-13-30(14-16-33)21-41-50/h6-17,21-22,26-28,34-36,47,50H,5,18-20,23-25H2,1-4H3,(H,43,48)/t28?,34-,35+,36?/m0/s1. The minimum absolute atomic E-state index is 0.0222. The number of nitrogens with one attached hydrogen (secondary N) is 1. The molecule has 2 aromatic heterocycles. The zero-order valence-electron chi connectivity index (χ0n) is 31.0. The number of carbonyl (C=O) groups is 2. The van der Waals surface area contributed by atoms with Crippen LogP contribution in [0.3, 0.4) is 0 Å². The molecule has 1 saturated heterocycles. The van der Waals surface area contributed by atoms with E-state index in [0.29, 0.717) is 31.6 Å². The summed E-state index contributed by atoms with van der Waals surface area (Å²) in [6.07, 6.45) is 4.20. The Morgan fingerprint density at radius 3 is 2.44 bits per heavy atom. The summed E-state index contributed by atoms with van der Waals surface area (Å²) in [5.74, 6) is -0.692. The molecule has 13 nitrogen and oxygen atoms in total. The van der Waals surface area contributed by atoms with Crippen molar-refractivity contribution in [2.45, 2.75) is 70.2 Å². The zero-order chi connectivity index (χ0) is 38.8. The van der Waals surface area contributed by atoms with E-state index in [1.165, 1.54) is 46.1 Å². The molecule has 3 amide bonds. The minimum Gasteiger partial charge on any atom is -0.411 e. The van der Waals surface area contributed by atoms with E-state index in [0.717, 1.165) is 21.8 Å². The maximum absolute atomic E-state index is 14.4. The Morgan fingerprint density at radius 2 is 1.80 bits per heavy atom. The van der Waals surface area contributed by atoms with Crippen LogP contribution in [-0.4, -0.2) is 105 Å². The lowest BCUT2D eigenvalue weighted by atomic mass is 9.95. The summed E-state index contributed by atoms with van der Waals surface area (Å²) >= 11 is 1.48. The second-order valence-corrected chi connectivity index (χ2v) is 16.8. The average molecular weight is 776 g/mol. The van der Waals surface area contributed by atoms with Gasteiger partial charge in [-0.2, -0.15) is 4.31 Å². The van der Waals surface area contributed by atoms with E-state index in [-0.39, 0.29) is 42.3 Å². The normalized spacial score (nSPS) is 15.9. The molecule has 1 fully saturated rings. The Balaban J connectivity index is 1.36. The van der Waals surface area contributed by atoms with Crippen LogP contribution in [-0.2, 0) is 27.8 Å². The van der Waals surface area contributed by atoms with Gasteiger partial charge in [-0.15, -0.1) is 11.3 Å². The van der Waals surface area contributed by atoms with Crippen molar-refractivity contribution in [3.63, 3.8) is 0 Å². The highest BCUT2D eigenvalue weighted by Crippen LogP contribution is 2.27. The first-order valence-corrected chi connectivity index (χ1v) is 20.4. The Bertz CT molecular complexity index is 1960. The third kappa shape index (κ3) is 10.1. The van der Waals surface area contributed by atoms with Crippen molar-refractivity contribution in [1.29, 1.82) is 0 Å². The lowest BCUT2D eigenvalue weighted by molar-refractivity contribution is -0.128.